The number of likely N-dealkylation sites (tertiary alicyclic amines) is 1. The average molecular weight is 156 g/mol. The zero-order valence-electron chi connectivity index (χ0n) is 6.42. The number of carbonyl (C=O) groups excluding carboxylic acids is 1. The van der Waals surface area contributed by atoms with Crippen molar-refractivity contribution in [2.45, 2.75) is 0 Å². The second-order valence-corrected chi connectivity index (χ2v) is 2.60. The predicted molar refractivity (Wildman–Crippen MR) is 41.0 cm³/mol. The molecule has 0 saturated carbocycles. The van der Waals surface area contributed by atoms with E-state index in [0.29, 0.717) is 13.1 Å². The molecule has 0 bridgehead atoms. The topological polar surface area (TPSA) is 82.2 Å². The van der Waals surface area contributed by atoms with E-state index in [1.165, 1.54) is 0 Å². The van der Waals surface area contributed by atoms with Crippen molar-refractivity contribution >= 4 is 11.9 Å². The largest absolute Gasteiger partial charge is 0.370 e. The molecule has 0 atom stereocenters. The van der Waals surface area contributed by atoms with Crippen LogP contribution in [0.5, 0.6) is 0 Å². The van der Waals surface area contributed by atoms with Crippen LogP contribution in [0.3, 0.4) is 0 Å². The molecule has 1 aliphatic heterocycles. The van der Waals surface area contributed by atoms with E-state index in [9.17, 15) is 4.79 Å². The number of hydrogen-bond acceptors (Lipinski definition) is 2. The molecule has 1 saturated heterocycles. The minimum atomic E-state index is 0.0175. The Hall–Kier alpha value is -1.26. The lowest BCUT2D eigenvalue weighted by Crippen LogP contribution is -2.57. The second-order valence-electron chi connectivity index (χ2n) is 2.60. The number of nitrogens with one attached hydrogen (secondary N) is 2. The summed E-state index contributed by atoms with van der Waals surface area (Å²) in [6.45, 7) is 1.16. The lowest BCUT2D eigenvalue weighted by atomic mass is 10.00. The lowest BCUT2D eigenvalue weighted by Gasteiger charge is -2.38. The van der Waals surface area contributed by atoms with Gasteiger partial charge in [-0.3, -0.25) is 10.2 Å². The lowest BCUT2D eigenvalue weighted by molar-refractivity contribution is -0.128. The molecule has 5 nitrogen and oxygen atoms in total. The predicted octanol–water partition coefficient (Wildman–Crippen LogP) is -1.44. The third-order valence-corrected chi connectivity index (χ3v) is 1.84. The fraction of sp³-hybridized carbons (Fsp3) is 0.667. The van der Waals surface area contributed by atoms with E-state index in [-0.39, 0.29) is 17.8 Å². The summed E-state index contributed by atoms with van der Waals surface area (Å²) >= 11 is 0. The molecule has 0 aromatic heterocycles. The highest BCUT2D eigenvalue weighted by Crippen LogP contribution is 2.13. The molecule has 0 unspecified atom stereocenters. The van der Waals surface area contributed by atoms with Crippen molar-refractivity contribution in [1.29, 1.82) is 5.41 Å². The maximum Gasteiger partial charge on any atom is 0.226 e. The molecule has 0 aromatic carbocycles. The van der Waals surface area contributed by atoms with Crippen molar-refractivity contribution in [3.63, 3.8) is 0 Å². The highest BCUT2D eigenvalue weighted by molar-refractivity contribution is 5.83. The summed E-state index contributed by atoms with van der Waals surface area (Å²) in [5, 5.41) is 9.56. The van der Waals surface area contributed by atoms with E-state index < -0.39 is 0 Å². The molecule has 0 aliphatic carbocycles. The number of amides is 1. The molecule has 1 heterocycles. The molecular formula is C6H12N4O. The molecule has 1 fully saturated rings. The fourth-order valence-corrected chi connectivity index (χ4v) is 1.05. The standard InChI is InChI=1S/C6H12N4O/c1-9-5(11)4-2-10(3-4)6(7)8/h4H,2-3H2,1H3,(H3,7,8)(H,9,11). The van der Waals surface area contributed by atoms with Gasteiger partial charge in [0.15, 0.2) is 5.96 Å². The van der Waals surface area contributed by atoms with Crippen LogP contribution in [0.25, 0.3) is 0 Å². The van der Waals surface area contributed by atoms with Crippen molar-refractivity contribution in [3.05, 3.63) is 0 Å². The van der Waals surface area contributed by atoms with Gasteiger partial charge in [-0.15, -0.1) is 0 Å². The summed E-state index contributed by atoms with van der Waals surface area (Å²) < 4.78 is 0. The van der Waals surface area contributed by atoms with Crippen molar-refractivity contribution in [3.8, 4) is 0 Å². The third kappa shape index (κ3) is 1.42. The van der Waals surface area contributed by atoms with Crippen LogP contribution in [-0.2, 0) is 4.79 Å². The SMILES string of the molecule is CNC(=O)C1CN(C(=N)N)C1. The summed E-state index contributed by atoms with van der Waals surface area (Å²) in [5.41, 5.74) is 5.18. The zero-order valence-corrected chi connectivity index (χ0v) is 6.42. The number of nitrogens with two attached hydrogens (primary N) is 1. The Kier molecular flexibility index (Phi) is 1.98. The van der Waals surface area contributed by atoms with Crippen LogP contribution in [0.4, 0.5) is 0 Å². The molecule has 11 heavy (non-hydrogen) atoms. The molecule has 1 rings (SSSR count). The molecule has 4 N–H and O–H groups in total. The minimum Gasteiger partial charge on any atom is -0.370 e. The van der Waals surface area contributed by atoms with E-state index in [1.54, 1.807) is 11.9 Å². The van der Waals surface area contributed by atoms with Gasteiger partial charge in [0.25, 0.3) is 0 Å². The van der Waals surface area contributed by atoms with Crippen LogP contribution in [-0.4, -0.2) is 36.9 Å². The Bertz CT molecular complexity index is 185. The van der Waals surface area contributed by atoms with E-state index in [0.717, 1.165) is 0 Å². The first kappa shape index (κ1) is 7.84. The van der Waals surface area contributed by atoms with Gasteiger partial charge >= 0.3 is 0 Å². The number of hydrogen-bond donors (Lipinski definition) is 3. The van der Waals surface area contributed by atoms with Crippen LogP contribution in [0.15, 0.2) is 0 Å². The number of carbonyl (C=O) groups is 1. The molecule has 0 spiro atoms. The molecule has 62 valence electrons. The fourth-order valence-electron chi connectivity index (χ4n) is 1.05. The van der Waals surface area contributed by atoms with Crippen LogP contribution < -0.4 is 11.1 Å². The first-order valence-corrected chi connectivity index (χ1v) is 3.45. The summed E-state index contributed by atoms with van der Waals surface area (Å²) in [6, 6.07) is 0. The summed E-state index contributed by atoms with van der Waals surface area (Å²) in [4.78, 5) is 12.6. The Labute approximate surface area is 65.1 Å². The quantitative estimate of drug-likeness (QED) is 0.321. The van der Waals surface area contributed by atoms with Crippen LogP contribution in [0.1, 0.15) is 0 Å². The molecule has 1 amide bonds. The van der Waals surface area contributed by atoms with Gasteiger partial charge in [0.05, 0.1) is 5.92 Å². The summed E-state index contributed by atoms with van der Waals surface area (Å²) in [6.07, 6.45) is 0. The normalized spacial score (nSPS) is 17.4. The Morgan fingerprint density at radius 2 is 2.27 bits per heavy atom. The van der Waals surface area contributed by atoms with E-state index in [2.05, 4.69) is 5.32 Å². The highest BCUT2D eigenvalue weighted by Gasteiger charge is 2.32. The van der Waals surface area contributed by atoms with Crippen LogP contribution in [0.2, 0.25) is 0 Å². The van der Waals surface area contributed by atoms with Crippen LogP contribution >= 0.6 is 0 Å². The maximum absolute atomic E-state index is 10.9. The Morgan fingerprint density at radius 1 is 1.73 bits per heavy atom. The maximum atomic E-state index is 10.9. The zero-order chi connectivity index (χ0) is 8.43. The average Bonchev–Trinajstić information content (AvgIpc) is 1.83. The first-order valence-electron chi connectivity index (χ1n) is 3.45. The molecule has 5 heteroatoms. The summed E-state index contributed by atoms with van der Waals surface area (Å²) in [7, 11) is 1.61. The number of nitrogens with zero attached hydrogens (tertiary/aromatic N) is 1. The van der Waals surface area contributed by atoms with E-state index in [1.807, 2.05) is 0 Å². The highest BCUT2D eigenvalue weighted by atomic mass is 16.1. The first-order chi connectivity index (χ1) is 5.15. The van der Waals surface area contributed by atoms with Crippen molar-refractivity contribution in [2.75, 3.05) is 20.1 Å². The van der Waals surface area contributed by atoms with Crippen molar-refractivity contribution in [2.24, 2.45) is 11.7 Å². The van der Waals surface area contributed by atoms with Gasteiger partial charge in [-0.25, -0.2) is 0 Å². The molecule has 0 radical (unpaired) electrons. The van der Waals surface area contributed by atoms with Gasteiger partial charge in [0.1, 0.15) is 0 Å². The van der Waals surface area contributed by atoms with Gasteiger partial charge in [0.2, 0.25) is 5.91 Å². The van der Waals surface area contributed by atoms with E-state index >= 15 is 0 Å². The van der Waals surface area contributed by atoms with Gasteiger partial charge in [-0.05, 0) is 0 Å². The summed E-state index contributed by atoms with van der Waals surface area (Å²) in [5.74, 6) is 0.0940. The third-order valence-electron chi connectivity index (χ3n) is 1.84. The minimum absolute atomic E-state index is 0.0175. The van der Waals surface area contributed by atoms with Gasteiger partial charge in [0, 0.05) is 20.1 Å². The molecular weight excluding hydrogens is 144 g/mol. The Balaban J connectivity index is 2.29. The van der Waals surface area contributed by atoms with Gasteiger partial charge < -0.3 is 16.0 Å². The molecule has 1 aliphatic rings. The van der Waals surface area contributed by atoms with Gasteiger partial charge in [-0.2, -0.15) is 0 Å². The van der Waals surface area contributed by atoms with Crippen molar-refractivity contribution < 1.29 is 4.79 Å². The molecule has 0 aromatic rings. The number of guanidine groups is 1. The second kappa shape index (κ2) is 2.77. The smallest absolute Gasteiger partial charge is 0.226 e. The monoisotopic (exact) mass is 156 g/mol. The van der Waals surface area contributed by atoms with E-state index in [4.69, 9.17) is 11.1 Å². The van der Waals surface area contributed by atoms with Crippen molar-refractivity contribution in [1.82, 2.24) is 10.2 Å². The van der Waals surface area contributed by atoms with Crippen LogP contribution in [0, 0.1) is 11.3 Å². The Morgan fingerprint density at radius 3 is 2.64 bits per heavy atom. The number of rotatable bonds is 1. The van der Waals surface area contributed by atoms with Gasteiger partial charge in [-0.1, -0.05) is 0 Å².